The van der Waals surface area contributed by atoms with Gasteiger partial charge >= 0.3 is 0 Å². The molecule has 4 rings (SSSR count). The fourth-order valence-electron chi connectivity index (χ4n) is 3.52. The number of hydrogen-bond donors (Lipinski definition) is 1. The van der Waals surface area contributed by atoms with Gasteiger partial charge in [0, 0.05) is 35.1 Å². The summed E-state index contributed by atoms with van der Waals surface area (Å²) in [4.78, 5) is 25.9. The molecule has 0 bridgehead atoms. The smallest absolute Gasteiger partial charge is 0.258 e. The molecule has 0 spiro atoms. The fraction of sp³-hybridized carbons (Fsp3) is 0.200. The molecular formula is C20H17NO3. The number of unbranched alkanes of at least 4 members (excludes halogenated alkanes) is 1. The number of nitrogens with zero attached hydrogens (tertiary/aromatic N) is 1. The van der Waals surface area contributed by atoms with Crippen LogP contribution in [0.3, 0.4) is 0 Å². The summed E-state index contributed by atoms with van der Waals surface area (Å²) < 4.78 is 1.71. The van der Waals surface area contributed by atoms with Crippen LogP contribution in [-0.2, 0) is 6.54 Å². The van der Waals surface area contributed by atoms with Crippen molar-refractivity contribution in [1.82, 2.24) is 4.57 Å². The monoisotopic (exact) mass is 319 g/mol. The van der Waals surface area contributed by atoms with E-state index in [1.807, 2.05) is 42.5 Å². The number of benzene rings is 2. The van der Waals surface area contributed by atoms with Crippen LogP contribution in [0.5, 0.6) is 0 Å². The Morgan fingerprint density at radius 3 is 2.25 bits per heavy atom. The molecule has 0 atom stereocenters. The van der Waals surface area contributed by atoms with Crippen molar-refractivity contribution in [2.24, 2.45) is 0 Å². The van der Waals surface area contributed by atoms with Crippen molar-refractivity contribution in [1.29, 1.82) is 0 Å². The number of aromatic nitrogens is 1. The SMILES string of the molecule is O=C1c2ccccc2-c2c1c1ccccc1c(=O)n2CCCCO. The van der Waals surface area contributed by atoms with E-state index in [-0.39, 0.29) is 17.9 Å². The van der Waals surface area contributed by atoms with Gasteiger partial charge in [0.2, 0.25) is 0 Å². The van der Waals surface area contributed by atoms with Crippen LogP contribution in [0.4, 0.5) is 0 Å². The highest BCUT2D eigenvalue weighted by atomic mass is 16.3. The van der Waals surface area contributed by atoms with Crippen molar-refractivity contribution in [2.45, 2.75) is 19.4 Å². The molecule has 0 amide bonds. The van der Waals surface area contributed by atoms with Crippen molar-refractivity contribution in [2.75, 3.05) is 6.61 Å². The Bertz CT molecular complexity index is 1020. The lowest BCUT2D eigenvalue weighted by molar-refractivity contribution is 0.104. The molecule has 3 aromatic rings. The predicted octanol–water partition coefficient (Wildman–Crippen LogP) is 2.99. The van der Waals surface area contributed by atoms with E-state index < -0.39 is 0 Å². The first-order valence-corrected chi connectivity index (χ1v) is 8.14. The molecule has 24 heavy (non-hydrogen) atoms. The van der Waals surface area contributed by atoms with E-state index in [0.29, 0.717) is 35.9 Å². The maximum atomic E-state index is 13.0. The zero-order valence-electron chi connectivity index (χ0n) is 13.2. The predicted molar refractivity (Wildman–Crippen MR) is 93.4 cm³/mol. The maximum absolute atomic E-state index is 13.0. The highest BCUT2D eigenvalue weighted by Gasteiger charge is 2.31. The van der Waals surface area contributed by atoms with E-state index in [1.54, 1.807) is 10.6 Å². The second-order valence-corrected chi connectivity index (χ2v) is 6.03. The Morgan fingerprint density at radius 1 is 0.833 bits per heavy atom. The summed E-state index contributed by atoms with van der Waals surface area (Å²) >= 11 is 0. The van der Waals surface area contributed by atoms with Gasteiger partial charge in [0.05, 0.1) is 11.3 Å². The number of carbonyl (C=O) groups excluding carboxylic acids is 1. The molecule has 0 saturated carbocycles. The van der Waals surface area contributed by atoms with E-state index in [4.69, 9.17) is 5.11 Å². The zero-order valence-corrected chi connectivity index (χ0v) is 13.2. The number of aliphatic hydroxyl groups excluding tert-OH is 1. The molecule has 4 heteroatoms. The first kappa shape index (κ1) is 14.8. The first-order chi connectivity index (χ1) is 11.7. The fourth-order valence-corrected chi connectivity index (χ4v) is 3.52. The first-order valence-electron chi connectivity index (χ1n) is 8.14. The summed E-state index contributed by atoms with van der Waals surface area (Å²) in [7, 11) is 0. The Labute approximate surface area is 139 Å². The number of pyridine rings is 1. The lowest BCUT2D eigenvalue weighted by Crippen LogP contribution is -2.23. The Morgan fingerprint density at radius 2 is 1.50 bits per heavy atom. The molecule has 120 valence electrons. The van der Waals surface area contributed by atoms with Gasteiger partial charge in [-0.05, 0) is 18.9 Å². The summed E-state index contributed by atoms with van der Waals surface area (Å²) in [5.41, 5.74) is 2.74. The standard InChI is InChI=1S/C20H17NO3/c22-12-6-5-11-21-18-14-8-2-3-9-15(14)19(23)17(18)13-7-1-4-10-16(13)20(21)24/h1-4,7-10,22H,5-6,11-12H2. The number of aliphatic hydroxyl groups is 1. The number of fused-ring (bicyclic) bond motifs is 5. The van der Waals surface area contributed by atoms with Gasteiger partial charge < -0.3 is 9.67 Å². The Hall–Kier alpha value is -2.72. The lowest BCUT2D eigenvalue weighted by atomic mass is 10.0. The minimum absolute atomic E-state index is 0.0206. The van der Waals surface area contributed by atoms with Gasteiger partial charge in [-0.25, -0.2) is 0 Å². The van der Waals surface area contributed by atoms with Crippen LogP contribution in [0.25, 0.3) is 22.0 Å². The summed E-state index contributed by atoms with van der Waals surface area (Å²) in [5.74, 6) is -0.0206. The van der Waals surface area contributed by atoms with Crippen LogP contribution in [-0.4, -0.2) is 22.1 Å². The van der Waals surface area contributed by atoms with Crippen LogP contribution >= 0.6 is 0 Å². The normalized spacial score (nSPS) is 12.5. The molecule has 0 fully saturated rings. The third kappa shape index (κ3) is 2.03. The Kier molecular flexibility index (Phi) is 3.54. The van der Waals surface area contributed by atoms with Crippen molar-refractivity contribution in [3.05, 3.63) is 70.0 Å². The maximum Gasteiger partial charge on any atom is 0.258 e. The third-order valence-electron chi connectivity index (χ3n) is 4.62. The molecule has 1 aromatic heterocycles. The van der Waals surface area contributed by atoms with E-state index in [2.05, 4.69) is 0 Å². The topological polar surface area (TPSA) is 59.3 Å². The number of ketones is 1. The highest BCUT2D eigenvalue weighted by Crippen LogP contribution is 2.39. The van der Waals surface area contributed by atoms with E-state index in [1.165, 1.54) is 0 Å². The summed E-state index contributed by atoms with van der Waals surface area (Å²) in [6.45, 7) is 0.591. The van der Waals surface area contributed by atoms with Gasteiger partial charge in [-0.3, -0.25) is 9.59 Å². The third-order valence-corrected chi connectivity index (χ3v) is 4.62. The number of hydrogen-bond acceptors (Lipinski definition) is 3. The van der Waals surface area contributed by atoms with Crippen LogP contribution in [0.2, 0.25) is 0 Å². The van der Waals surface area contributed by atoms with Crippen LogP contribution in [0.1, 0.15) is 28.8 Å². The van der Waals surface area contributed by atoms with Crippen molar-refractivity contribution in [3.8, 4) is 11.3 Å². The molecule has 0 radical (unpaired) electrons. The van der Waals surface area contributed by atoms with E-state index in [9.17, 15) is 9.59 Å². The zero-order chi connectivity index (χ0) is 16.7. The molecule has 1 aliphatic carbocycles. The molecule has 0 aliphatic heterocycles. The minimum atomic E-state index is -0.0770. The van der Waals surface area contributed by atoms with Gasteiger partial charge in [-0.1, -0.05) is 42.5 Å². The second-order valence-electron chi connectivity index (χ2n) is 6.03. The number of rotatable bonds is 4. The molecule has 2 aromatic carbocycles. The average molecular weight is 319 g/mol. The van der Waals surface area contributed by atoms with Crippen molar-refractivity contribution in [3.63, 3.8) is 0 Å². The summed E-state index contributed by atoms with van der Waals surface area (Å²) in [6.07, 6.45) is 1.32. The molecule has 4 nitrogen and oxygen atoms in total. The molecule has 0 saturated heterocycles. The van der Waals surface area contributed by atoms with Crippen molar-refractivity contribution < 1.29 is 9.90 Å². The van der Waals surface area contributed by atoms with Gasteiger partial charge in [0.25, 0.3) is 5.56 Å². The molecule has 1 heterocycles. The van der Waals surface area contributed by atoms with Gasteiger partial charge in [-0.15, -0.1) is 0 Å². The summed E-state index contributed by atoms with van der Waals surface area (Å²) in [5, 5.41) is 10.3. The lowest BCUT2D eigenvalue weighted by Gasteiger charge is -2.14. The quantitative estimate of drug-likeness (QED) is 0.588. The molecule has 1 aliphatic rings. The largest absolute Gasteiger partial charge is 0.396 e. The van der Waals surface area contributed by atoms with Crippen LogP contribution in [0, 0.1) is 0 Å². The molecule has 1 N–H and O–H groups in total. The average Bonchev–Trinajstić information content (AvgIpc) is 2.91. The van der Waals surface area contributed by atoms with Gasteiger partial charge in [0.15, 0.2) is 5.78 Å². The highest BCUT2D eigenvalue weighted by molar-refractivity contribution is 6.26. The van der Waals surface area contributed by atoms with Gasteiger partial charge in [-0.2, -0.15) is 0 Å². The minimum Gasteiger partial charge on any atom is -0.396 e. The van der Waals surface area contributed by atoms with Crippen molar-refractivity contribution >= 4 is 16.6 Å². The molecular weight excluding hydrogens is 302 g/mol. The molecule has 0 unspecified atom stereocenters. The second kappa shape index (κ2) is 5.73. The number of carbonyl (C=O) groups is 1. The van der Waals surface area contributed by atoms with Crippen LogP contribution in [0.15, 0.2) is 53.3 Å². The van der Waals surface area contributed by atoms with E-state index >= 15 is 0 Å². The van der Waals surface area contributed by atoms with Crippen LogP contribution < -0.4 is 5.56 Å². The van der Waals surface area contributed by atoms with E-state index in [0.717, 1.165) is 16.6 Å². The Balaban J connectivity index is 2.07. The van der Waals surface area contributed by atoms with Gasteiger partial charge in [0.1, 0.15) is 0 Å². The summed E-state index contributed by atoms with van der Waals surface area (Å²) in [6, 6.07) is 14.7.